The highest BCUT2D eigenvalue weighted by Gasteiger charge is 2.45. The highest BCUT2D eigenvalue weighted by atomic mass is 32.1. The van der Waals surface area contributed by atoms with Crippen LogP contribution in [0.2, 0.25) is 0 Å². The maximum absolute atomic E-state index is 6.63. The SMILES string of the molecule is Cc1cc2c3c4c1c1cc5oc6ccccc6c5cc1n4-c1cc4c(cc1B3N(c1ccc(C(C)(C)C)cc1)c1cc3c(cc1-2)oc1ccccc13)sc1ccccc14. The van der Waals surface area contributed by atoms with E-state index in [1.165, 1.54) is 92.2 Å². The third-order valence-corrected chi connectivity index (χ3v) is 14.5. The van der Waals surface area contributed by atoms with Crippen molar-refractivity contribution in [1.82, 2.24) is 4.57 Å². The average Bonchev–Trinajstić information content (AvgIpc) is 3.99. The zero-order valence-corrected chi connectivity index (χ0v) is 33.8. The fraction of sp³-hybridized carbons (Fsp3) is 0.0943. The van der Waals surface area contributed by atoms with E-state index in [1.807, 2.05) is 11.3 Å². The molecule has 0 saturated carbocycles. The summed E-state index contributed by atoms with van der Waals surface area (Å²) in [5.41, 5.74) is 17.4. The van der Waals surface area contributed by atoms with Crippen molar-refractivity contribution in [3.05, 3.63) is 151 Å². The van der Waals surface area contributed by atoms with Crippen LogP contribution in [0.5, 0.6) is 0 Å². The Morgan fingerprint density at radius 1 is 0.542 bits per heavy atom. The van der Waals surface area contributed by atoms with Crippen molar-refractivity contribution in [2.45, 2.75) is 33.1 Å². The third-order valence-electron chi connectivity index (χ3n) is 13.4. The first-order valence-corrected chi connectivity index (χ1v) is 21.3. The van der Waals surface area contributed by atoms with E-state index in [0.717, 1.165) is 43.9 Å². The Bertz CT molecular complexity index is 3850. The molecule has 6 heteroatoms. The summed E-state index contributed by atoms with van der Waals surface area (Å²) in [6.07, 6.45) is 0. The van der Waals surface area contributed by atoms with Crippen molar-refractivity contribution in [1.29, 1.82) is 0 Å². The molecule has 0 radical (unpaired) electrons. The molecule has 0 saturated heterocycles. The lowest BCUT2D eigenvalue weighted by Crippen LogP contribution is -2.60. The molecule has 0 amide bonds. The average molecular weight is 775 g/mol. The predicted octanol–water partition coefficient (Wildman–Crippen LogP) is 13.8. The van der Waals surface area contributed by atoms with Crippen LogP contribution in [0.3, 0.4) is 0 Å². The predicted molar refractivity (Wildman–Crippen MR) is 251 cm³/mol. The molecule has 12 aromatic rings. The van der Waals surface area contributed by atoms with Crippen molar-refractivity contribution in [2.24, 2.45) is 0 Å². The minimum atomic E-state index is -0.0954. The fourth-order valence-electron chi connectivity index (χ4n) is 10.7. The molecule has 2 aliphatic heterocycles. The summed E-state index contributed by atoms with van der Waals surface area (Å²) in [7, 11) is 0. The van der Waals surface area contributed by atoms with Crippen LogP contribution in [0.1, 0.15) is 31.9 Å². The van der Waals surface area contributed by atoms with Gasteiger partial charge in [0.15, 0.2) is 0 Å². The first-order chi connectivity index (χ1) is 28.8. The summed E-state index contributed by atoms with van der Waals surface area (Å²) in [4.78, 5) is 2.64. The van der Waals surface area contributed by atoms with Crippen LogP contribution in [0.25, 0.3) is 103 Å². The largest absolute Gasteiger partial charge is 0.456 e. The number of rotatable bonds is 1. The molecule has 0 fully saturated rings. The van der Waals surface area contributed by atoms with Crippen molar-refractivity contribution in [3.63, 3.8) is 0 Å². The van der Waals surface area contributed by atoms with Crippen molar-refractivity contribution in [2.75, 3.05) is 4.81 Å². The molecule has 0 unspecified atom stereocenters. The van der Waals surface area contributed by atoms with Crippen LogP contribution in [0.15, 0.2) is 148 Å². The smallest absolute Gasteiger partial charge is 0.333 e. The van der Waals surface area contributed by atoms with Gasteiger partial charge in [-0.05, 0) is 107 Å². The molecule has 0 aliphatic carbocycles. The van der Waals surface area contributed by atoms with Gasteiger partial charge in [0, 0.05) is 75.1 Å². The van der Waals surface area contributed by atoms with Gasteiger partial charge in [-0.25, -0.2) is 0 Å². The number of hydrogen-bond acceptors (Lipinski definition) is 4. The molecular weight excluding hydrogens is 739 g/mol. The lowest BCUT2D eigenvalue weighted by Gasteiger charge is -2.42. The Hall–Kier alpha value is -6.76. The Kier molecular flexibility index (Phi) is 5.92. The van der Waals surface area contributed by atoms with E-state index in [9.17, 15) is 0 Å². The second-order valence-corrected chi connectivity index (χ2v) is 18.8. The number of para-hydroxylation sites is 2. The molecule has 2 aliphatic rings. The highest BCUT2D eigenvalue weighted by Crippen LogP contribution is 2.50. The quantitative estimate of drug-likeness (QED) is 0.156. The third kappa shape index (κ3) is 4.09. The van der Waals surface area contributed by atoms with Gasteiger partial charge in [0.1, 0.15) is 22.3 Å². The molecule has 59 heavy (non-hydrogen) atoms. The van der Waals surface area contributed by atoms with Gasteiger partial charge in [0.25, 0.3) is 0 Å². The van der Waals surface area contributed by atoms with Gasteiger partial charge in [-0.2, -0.15) is 0 Å². The summed E-state index contributed by atoms with van der Waals surface area (Å²) < 4.78 is 18.4. The maximum atomic E-state index is 6.63. The fourth-order valence-corrected chi connectivity index (χ4v) is 11.9. The van der Waals surface area contributed by atoms with E-state index >= 15 is 0 Å². The van der Waals surface area contributed by atoms with Crippen LogP contribution in [-0.4, -0.2) is 11.4 Å². The van der Waals surface area contributed by atoms with Crippen LogP contribution >= 0.6 is 11.3 Å². The van der Waals surface area contributed by atoms with Gasteiger partial charge >= 0.3 is 6.85 Å². The van der Waals surface area contributed by atoms with Crippen LogP contribution < -0.4 is 15.7 Å². The van der Waals surface area contributed by atoms with Crippen LogP contribution in [0, 0.1) is 6.92 Å². The summed E-state index contributed by atoms with van der Waals surface area (Å²) in [6, 6.07) is 52.0. The normalized spacial score (nSPS) is 13.7. The first-order valence-electron chi connectivity index (χ1n) is 20.5. The minimum Gasteiger partial charge on any atom is -0.456 e. The van der Waals surface area contributed by atoms with Gasteiger partial charge < -0.3 is 18.2 Å². The van der Waals surface area contributed by atoms with E-state index < -0.39 is 0 Å². The van der Waals surface area contributed by atoms with E-state index in [4.69, 9.17) is 8.83 Å². The molecule has 14 rings (SSSR count). The van der Waals surface area contributed by atoms with Gasteiger partial charge in [-0.3, -0.25) is 0 Å². The Labute approximate surface area is 343 Å². The number of hydrogen-bond donors (Lipinski definition) is 0. The molecule has 0 atom stereocenters. The number of anilines is 2. The molecule has 0 N–H and O–H groups in total. The zero-order valence-electron chi connectivity index (χ0n) is 33.0. The second kappa shape index (κ2) is 10.8. The van der Waals surface area contributed by atoms with Crippen molar-refractivity contribution in [3.8, 4) is 16.8 Å². The van der Waals surface area contributed by atoms with Crippen LogP contribution in [-0.2, 0) is 5.41 Å². The number of aromatic nitrogens is 1. The molecule has 4 aromatic heterocycles. The Morgan fingerprint density at radius 3 is 1.95 bits per heavy atom. The summed E-state index contributed by atoms with van der Waals surface area (Å²) in [5, 5.41) is 9.66. The number of thiophene rings is 1. The Balaban J connectivity index is 1.19. The molecule has 4 nitrogen and oxygen atoms in total. The molecule has 0 bridgehead atoms. The summed E-state index contributed by atoms with van der Waals surface area (Å²) in [5.74, 6) is 0. The standard InChI is InChI=1S/C53H35BN2O2S/c1-28-21-38-34-25-46-36(32-12-6-9-15-45(32)57-46)23-42(34)56(30-19-17-29(18-20-30)53(2,3)4)54-40-27-49-37(33-13-7-10-16-48(33)59-49)24-43(40)55-41-22-35-31-11-5-8-14-44(31)58-47(35)26-39(41)50(28)52(55)51(38)54/h5-27H,1-4H3. The lowest BCUT2D eigenvalue weighted by molar-refractivity contribution is 0.590. The van der Waals surface area contributed by atoms with Gasteiger partial charge in [0.2, 0.25) is 0 Å². The van der Waals surface area contributed by atoms with E-state index in [2.05, 4.69) is 177 Å². The number of benzene rings is 8. The molecule has 0 spiro atoms. The van der Waals surface area contributed by atoms with E-state index in [0.29, 0.717) is 0 Å². The highest BCUT2D eigenvalue weighted by molar-refractivity contribution is 7.26. The first kappa shape index (κ1) is 32.2. The Morgan fingerprint density at radius 2 is 1.20 bits per heavy atom. The molecular formula is C53H35BN2O2S. The minimum absolute atomic E-state index is 0.0339. The summed E-state index contributed by atoms with van der Waals surface area (Å²) in [6.45, 7) is 9.07. The zero-order chi connectivity index (χ0) is 39.1. The van der Waals surface area contributed by atoms with Gasteiger partial charge in [-0.15, -0.1) is 11.3 Å². The van der Waals surface area contributed by atoms with E-state index in [-0.39, 0.29) is 12.3 Å². The maximum Gasteiger partial charge on any atom is 0.333 e. The molecule has 8 aromatic carbocycles. The molecule has 278 valence electrons. The number of nitrogens with zero attached hydrogens (tertiary/aromatic N) is 2. The van der Waals surface area contributed by atoms with Crippen molar-refractivity contribution < 1.29 is 8.83 Å². The topological polar surface area (TPSA) is 34.5 Å². The van der Waals surface area contributed by atoms with Gasteiger partial charge in [-0.1, -0.05) is 93.6 Å². The van der Waals surface area contributed by atoms with Gasteiger partial charge in [0.05, 0.1) is 11.0 Å². The van der Waals surface area contributed by atoms with Crippen LogP contribution in [0.4, 0.5) is 11.4 Å². The molecule has 6 heterocycles. The monoisotopic (exact) mass is 774 g/mol. The lowest BCUT2D eigenvalue weighted by atomic mass is 9.44. The summed E-state index contributed by atoms with van der Waals surface area (Å²) >= 11 is 1.89. The van der Waals surface area contributed by atoms with Crippen molar-refractivity contribution >= 4 is 126 Å². The number of fused-ring (bicyclic) bond motifs is 17. The van der Waals surface area contributed by atoms with E-state index in [1.54, 1.807) is 0 Å². The second-order valence-electron chi connectivity index (χ2n) is 17.7. The number of aryl methyl sites for hydroxylation is 1. The number of furan rings is 2.